The second-order valence-electron chi connectivity index (χ2n) is 7.84. The standard InChI is InChI=1S/C21H24N4O7S/c1-23-16(13-24-7-9-31-10-8-24)14-32-19-12-17(11-18(20(19)23)25(27)28)33(29,30)22-21(26)15-5-3-2-4-6-15/h2-6,11-12,16H,7-10,13-14H2,1H3,(H,22,26). The average Bonchev–Trinajstić information content (AvgIpc) is 2.81. The van der Waals surface area contributed by atoms with Crippen LogP contribution in [-0.2, 0) is 14.8 Å². The SMILES string of the molecule is CN1c2c(cc(S(=O)(=O)NC(=O)c3ccccc3)cc2[N+](=O)[O-])OCC1CN1CCOCC1. The van der Waals surface area contributed by atoms with Crippen LogP contribution in [0, 0.1) is 10.1 Å². The van der Waals surface area contributed by atoms with Gasteiger partial charge in [0.25, 0.3) is 21.6 Å². The van der Waals surface area contributed by atoms with Crippen molar-refractivity contribution in [1.29, 1.82) is 0 Å². The summed E-state index contributed by atoms with van der Waals surface area (Å²) in [7, 11) is -2.65. The van der Waals surface area contributed by atoms with Crippen molar-refractivity contribution in [3.05, 3.63) is 58.1 Å². The molecule has 176 valence electrons. The second kappa shape index (κ2) is 9.33. The Bertz CT molecular complexity index is 1150. The molecule has 2 aromatic rings. The van der Waals surface area contributed by atoms with E-state index in [1.807, 2.05) is 4.72 Å². The first-order valence-corrected chi connectivity index (χ1v) is 11.8. The molecule has 1 amide bonds. The summed E-state index contributed by atoms with van der Waals surface area (Å²) in [4.78, 5) is 27.1. The molecule has 0 spiro atoms. The lowest BCUT2D eigenvalue weighted by Crippen LogP contribution is -2.50. The Morgan fingerprint density at radius 1 is 1.21 bits per heavy atom. The monoisotopic (exact) mass is 476 g/mol. The van der Waals surface area contributed by atoms with Gasteiger partial charge in [0.2, 0.25) is 0 Å². The predicted molar refractivity (Wildman–Crippen MR) is 119 cm³/mol. The van der Waals surface area contributed by atoms with E-state index in [0.29, 0.717) is 19.8 Å². The number of sulfonamides is 1. The van der Waals surface area contributed by atoms with Crippen LogP contribution in [0.1, 0.15) is 10.4 Å². The van der Waals surface area contributed by atoms with Crippen LogP contribution in [0.4, 0.5) is 11.4 Å². The van der Waals surface area contributed by atoms with E-state index < -0.39 is 31.4 Å². The minimum atomic E-state index is -4.38. The summed E-state index contributed by atoms with van der Waals surface area (Å²) in [5, 5.41) is 11.9. The van der Waals surface area contributed by atoms with E-state index in [4.69, 9.17) is 9.47 Å². The third-order valence-electron chi connectivity index (χ3n) is 5.70. The summed E-state index contributed by atoms with van der Waals surface area (Å²) in [6.07, 6.45) is 0. The van der Waals surface area contributed by atoms with Gasteiger partial charge < -0.3 is 14.4 Å². The van der Waals surface area contributed by atoms with Gasteiger partial charge in [-0.2, -0.15) is 0 Å². The fraction of sp³-hybridized carbons (Fsp3) is 0.381. The molecule has 2 heterocycles. The molecular weight excluding hydrogens is 452 g/mol. The zero-order valence-corrected chi connectivity index (χ0v) is 18.8. The highest BCUT2D eigenvalue weighted by Gasteiger charge is 2.35. The van der Waals surface area contributed by atoms with Gasteiger partial charge in [-0.1, -0.05) is 18.2 Å². The molecule has 33 heavy (non-hydrogen) atoms. The predicted octanol–water partition coefficient (Wildman–Crippen LogP) is 1.24. The van der Waals surface area contributed by atoms with Crippen molar-refractivity contribution in [2.24, 2.45) is 0 Å². The van der Waals surface area contributed by atoms with E-state index in [2.05, 4.69) is 4.90 Å². The zero-order valence-electron chi connectivity index (χ0n) is 18.0. The lowest BCUT2D eigenvalue weighted by molar-refractivity contribution is -0.384. The van der Waals surface area contributed by atoms with Crippen LogP contribution >= 0.6 is 0 Å². The summed E-state index contributed by atoms with van der Waals surface area (Å²) in [6.45, 7) is 3.64. The van der Waals surface area contributed by atoms with Gasteiger partial charge in [-0.25, -0.2) is 13.1 Å². The van der Waals surface area contributed by atoms with Crippen LogP contribution in [0.3, 0.4) is 0 Å². The number of nitro groups is 1. The summed E-state index contributed by atoms with van der Waals surface area (Å²) in [6, 6.07) is 9.83. The summed E-state index contributed by atoms with van der Waals surface area (Å²) < 4.78 is 38.8. The highest BCUT2D eigenvalue weighted by atomic mass is 32.2. The molecule has 1 atom stereocenters. The van der Waals surface area contributed by atoms with Gasteiger partial charge in [-0.3, -0.25) is 19.8 Å². The molecule has 0 bridgehead atoms. The number of ether oxygens (including phenoxy) is 2. The first kappa shape index (κ1) is 23.0. The first-order valence-electron chi connectivity index (χ1n) is 10.4. The molecule has 1 N–H and O–H groups in total. The summed E-state index contributed by atoms with van der Waals surface area (Å²) in [5.74, 6) is -0.753. The Morgan fingerprint density at radius 2 is 1.91 bits per heavy atom. The molecule has 11 nitrogen and oxygen atoms in total. The number of nitrogens with one attached hydrogen (secondary N) is 1. The zero-order chi connectivity index (χ0) is 23.6. The number of morpholine rings is 1. The largest absolute Gasteiger partial charge is 0.489 e. The molecule has 2 aliphatic heterocycles. The Morgan fingerprint density at radius 3 is 2.58 bits per heavy atom. The molecule has 0 aliphatic carbocycles. The smallest absolute Gasteiger partial charge is 0.297 e. The van der Waals surface area contributed by atoms with E-state index in [1.165, 1.54) is 18.2 Å². The lowest BCUT2D eigenvalue weighted by Gasteiger charge is -2.39. The molecule has 2 aromatic carbocycles. The van der Waals surface area contributed by atoms with Gasteiger partial charge in [0, 0.05) is 44.4 Å². The molecule has 12 heteroatoms. The van der Waals surface area contributed by atoms with Crippen LogP contribution in [0.2, 0.25) is 0 Å². The number of rotatable bonds is 6. The molecule has 1 unspecified atom stereocenters. The van der Waals surface area contributed by atoms with Gasteiger partial charge >= 0.3 is 0 Å². The van der Waals surface area contributed by atoms with Gasteiger partial charge in [-0.05, 0) is 12.1 Å². The number of nitrogens with zero attached hydrogens (tertiary/aromatic N) is 3. The minimum Gasteiger partial charge on any atom is -0.489 e. The third kappa shape index (κ3) is 4.92. The highest BCUT2D eigenvalue weighted by molar-refractivity contribution is 7.90. The Labute approximate surface area is 191 Å². The molecular formula is C21H24N4O7S. The van der Waals surface area contributed by atoms with Crippen molar-refractivity contribution in [2.75, 3.05) is 51.4 Å². The molecule has 0 radical (unpaired) electrons. The fourth-order valence-electron chi connectivity index (χ4n) is 3.89. The molecule has 1 saturated heterocycles. The van der Waals surface area contributed by atoms with Crippen molar-refractivity contribution in [3.8, 4) is 5.75 Å². The number of carbonyl (C=O) groups is 1. The van der Waals surface area contributed by atoms with E-state index in [-0.39, 0.29) is 29.6 Å². The van der Waals surface area contributed by atoms with Gasteiger partial charge in [0.1, 0.15) is 6.61 Å². The van der Waals surface area contributed by atoms with Crippen LogP contribution in [0.25, 0.3) is 0 Å². The molecule has 0 saturated carbocycles. The Kier molecular flexibility index (Phi) is 6.49. The van der Waals surface area contributed by atoms with Crippen molar-refractivity contribution in [2.45, 2.75) is 10.9 Å². The maximum atomic E-state index is 12.8. The maximum absolute atomic E-state index is 12.8. The number of amides is 1. The third-order valence-corrected chi connectivity index (χ3v) is 7.01. The molecule has 4 rings (SSSR count). The molecule has 2 aliphatic rings. The Hall–Kier alpha value is -3.22. The van der Waals surface area contributed by atoms with Crippen molar-refractivity contribution in [3.63, 3.8) is 0 Å². The minimum absolute atomic E-state index is 0.0810. The summed E-state index contributed by atoms with van der Waals surface area (Å²) in [5.41, 5.74) is -0.0532. The van der Waals surface area contributed by atoms with E-state index in [1.54, 1.807) is 30.1 Å². The van der Waals surface area contributed by atoms with E-state index >= 15 is 0 Å². The number of hydrogen-bond acceptors (Lipinski definition) is 9. The fourth-order valence-corrected chi connectivity index (χ4v) is 4.90. The van der Waals surface area contributed by atoms with Crippen LogP contribution < -0.4 is 14.4 Å². The quantitative estimate of drug-likeness (QED) is 0.483. The molecule has 0 aromatic heterocycles. The number of anilines is 1. The van der Waals surface area contributed by atoms with Crippen LogP contribution in [0.15, 0.2) is 47.4 Å². The van der Waals surface area contributed by atoms with E-state index in [9.17, 15) is 23.3 Å². The highest BCUT2D eigenvalue weighted by Crippen LogP contribution is 2.43. The van der Waals surface area contributed by atoms with Gasteiger partial charge in [0.15, 0.2) is 11.4 Å². The van der Waals surface area contributed by atoms with Crippen LogP contribution in [-0.4, -0.2) is 76.7 Å². The van der Waals surface area contributed by atoms with Crippen molar-refractivity contribution in [1.82, 2.24) is 9.62 Å². The number of benzene rings is 2. The number of fused-ring (bicyclic) bond motifs is 1. The van der Waals surface area contributed by atoms with Crippen molar-refractivity contribution >= 4 is 27.3 Å². The second-order valence-corrected chi connectivity index (χ2v) is 9.52. The Balaban J connectivity index is 1.62. The maximum Gasteiger partial charge on any atom is 0.297 e. The molecule has 1 fully saturated rings. The first-order chi connectivity index (χ1) is 15.8. The van der Waals surface area contributed by atoms with Gasteiger partial charge in [-0.15, -0.1) is 0 Å². The summed E-state index contributed by atoms with van der Waals surface area (Å²) >= 11 is 0. The van der Waals surface area contributed by atoms with Crippen LogP contribution in [0.5, 0.6) is 5.75 Å². The van der Waals surface area contributed by atoms with Crippen molar-refractivity contribution < 1.29 is 27.6 Å². The number of likely N-dealkylation sites (N-methyl/N-ethyl adjacent to an activating group) is 1. The number of hydrogen-bond donors (Lipinski definition) is 1. The normalized spacial score (nSPS) is 18.8. The number of nitro benzene ring substituents is 1. The number of carbonyl (C=O) groups excluding carboxylic acids is 1. The lowest BCUT2D eigenvalue weighted by atomic mass is 10.1. The topological polar surface area (TPSA) is 131 Å². The average molecular weight is 477 g/mol. The van der Waals surface area contributed by atoms with E-state index in [0.717, 1.165) is 19.2 Å². The van der Waals surface area contributed by atoms with Gasteiger partial charge in [0.05, 0.1) is 29.1 Å².